The summed E-state index contributed by atoms with van der Waals surface area (Å²) in [5.41, 5.74) is 0. The zero-order chi connectivity index (χ0) is 15.4. The molecule has 1 saturated heterocycles. The standard InChI is InChI=1S/C15H25N3O2S/c1-10(2)8-13-16-14(20-17-13)9-21-12-6-5-7-18(11(3)4)15(12)19/h10-12H,5-9H2,1-4H3. The largest absolute Gasteiger partial charge is 0.339 e. The molecule has 118 valence electrons. The Morgan fingerprint density at radius 1 is 1.38 bits per heavy atom. The van der Waals surface area contributed by atoms with E-state index in [-0.39, 0.29) is 17.2 Å². The van der Waals surface area contributed by atoms with Crippen molar-refractivity contribution < 1.29 is 9.32 Å². The van der Waals surface area contributed by atoms with Crippen molar-refractivity contribution in [1.29, 1.82) is 0 Å². The molecule has 1 aromatic rings. The molecule has 0 spiro atoms. The lowest BCUT2D eigenvalue weighted by atomic mass is 10.1. The molecule has 2 heterocycles. The summed E-state index contributed by atoms with van der Waals surface area (Å²) in [4.78, 5) is 18.7. The van der Waals surface area contributed by atoms with Gasteiger partial charge in [-0.05, 0) is 32.6 Å². The van der Waals surface area contributed by atoms with Gasteiger partial charge < -0.3 is 9.42 Å². The number of aromatic nitrogens is 2. The van der Waals surface area contributed by atoms with E-state index in [0.717, 1.165) is 31.6 Å². The molecule has 5 nitrogen and oxygen atoms in total. The summed E-state index contributed by atoms with van der Waals surface area (Å²) in [7, 11) is 0. The number of hydrogen-bond donors (Lipinski definition) is 0. The van der Waals surface area contributed by atoms with Crippen LogP contribution in [0.2, 0.25) is 0 Å². The number of nitrogens with zero attached hydrogens (tertiary/aromatic N) is 3. The summed E-state index contributed by atoms with van der Waals surface area (Å²) in [5, 5.41) is 4.02. The van der Waals surface area contributed by atoms with Gasteiger partial charge >= 0.3 is 0 Å². The molecule has 1 unspecified atom stereocenters. The van der Waals surface area contributed by atoms with Gasteiger partial charge in [-0.3, -0.25) is 4.79 Å². The molecule has 0 saturated carbocycles. The van der Waals surface area contributed by atoms with Crippen molar-refractivity contribution in [2.24, 2.45) is 5.92 Å². The van der Waals surface area contributed by atoms with Crippen LogP contribution in [0.3, 0.4) is 0 Å². The lowest BCUT2D eigenvalue weighted by Gasteiger charge is -2.34. The zero-order valence-corrected chi connectivity index (χ0v) is 14.2. The predicted molar refractivity (Wildman–Crippen MR) is 84.0 cm³/mol. The molecule has 0 N–H and O–H groups in total. The average Bonchev–Trinajstić information content (AvgIpc) is 2.84. The van der Waals surface area contributed by atoms with Gasteiger partial charge in [0.1, 0.15) is 0 Å². The Balaban J connectivity index is 1.87. The third-order valence-corrected chi connectivity index (χ3v) is 4.81. The quantitative estimate of drug-likeness (QED) is 0.808. The number of thioether (sulfide) groups is 1. The summed E-state index contributed by atoms with van der Waals surface area (Å²) in [6.07, 6.45) is 2.85. The summed E-state index contributed by atoms with van der Waals surface area (Å²) in [6.45, 7) is 9.28. The van der Waals surface area contributed by atoms with E-state index < -0.39 is 0 Å². The maximum absolute atomic E-state index is 12.4. The van der Waals surface area contributed by atoms with Gasteiger partial charge in [0.05, 0.1) is 11.0 Å². The van der Waals surface area contributed by atoms with E-state index in [9.17, 15) is 4.79 Å². The first-order valence-electron chi connectivity index (χ1n) is 7.71. The van der Waals surface area contributed by atoms with Crippen LogP contribution in [0, 0.1) is 5.92 Å². The number of carbonyl (C=O) groups is 1. The van der Waals surface area contributed by atoms with Crippen LogP contribution in [0.5, 0.6) is 0 Å². The van der Waals surface area contributed by atoms with Gasteiger partial charge in [-0.25, -0.2) is 0 Å². The van der Waals surface area contributed by atoms with Crippen molar-refractivity contribution in [3.8, 4) is 0 Å². The van der Waals surface area contributed by atoms with Gasteiger partial charge in [0, 0.05) is 19.0 Å². The van der Waals surface area contributed by atoms with E-state index in [1.807, 2.05) is 4.90 Å². The van der Waals surface area contributed by atoms with Crippen LogP contribution in [-0.4, -0.2) is 38.8 Å². The Hall–Kier alpha value is -1.04. The molecule has 0 radical (unpaired) electrons. The first kappa shape index (κ1) is 16.3. The summed E-state index contributed by atoms with van der Waals surface area (Å²) >= 11 is 1.62. The minimum Gasteiger partial charge on any atom is -0.339 e. The SMILES string of the molecule is CC(C)Cc1noc(CSC2CCCN(C(C)C)C2=O)n1. The summed E-state index contributed by atoms with van der Waals surface area (Å²) in [6, 6.07) is 0.280. The monoisotopic (exact) mass is 311 g/mol. The van der Waals surface area contributed by atoms with E-state index in [4.69, 9.17) is 4.52 Å². The maximum Gasteiger partial charge on any atom is 0.236 e. The first-order valence-corrected chi connectivity index (χ1v) is 8.75. The van der Waals surface area contributed by atoms with E-state index >= 15 is 0 Å². The van der Waals surface area contributed by atoms with Crippen LogP contribution >= 0.6 is 11.8 Å². The smallest absolute Gasteiger partial charge is 0.236 e. The van der Waals surface area contributed by atoms with Crippen LogP contribution < -0.4 is 0 Å². The van der Waals surface area contributed by atoms with E-state index in [0.29, 0.717) is 17.6 Å². The highest BCUT2D eigenvalue weighted by Crippen LogP contribution is 2.27. The van der Waals surface area contributed by atoms with Crippen LogP contribution in [-0.2, 0) is 17.0 Å². The minimum atomic E-state index is 0.0293. The van der Waals surface area contributed by atoms with Gasteiger partial charge in [-0.2, -0.15) is 4.98 Å². The fourth-order valence-electron chi connectivity index (χ4n) is 2.50. The molecule has 1 aromatic heterocycles. The lowest BCUT2D eigenvalue weighted by molar-refractivity contribution is -0.134. The Morgan fingerprint density at radius 3 is 2.81 bits per heavy atom. The number of piperidine rings is 1. The average molecular weight is 311 g/mol. The Morgan fingerprint density at radius 2 is 2.14 bits per heavy atom. The number of hydrogen-bond acceptors (Lipinski definition) is 5. The summed E-state index contributed by atoms with van der Waals surface area (Å²) < 4.78 is 5.26. The Labute approximate surface area is 130 Å². The molecule has 0 aliphatic carbocycles. The van der Waals surface area contributed by atoms with Gasteiger partial charge in [0.25, 0.3) is 0 Å². The fraction of sp³-hybridized carbons (Fsp3) is 0.800. The number of carbonyl (C=O) groups excluding carboxylic acids is 1. The van der Waals surface area contributed by atoms with Crippen LogP contribution in [0.4, 0.5) is 0 Å². The van der Waals surface area contributed by atoms with Crippen molar-refractivity contribution in [2.75, 3.05) is 6.54 Å². The van der Waals surface area contributed by atoms with Gasteiger partial charge in [-0.15, -0.1) is 11.8 Å². The maximum atomic E-state index is 12.4. The summed E-state index contributed by atoms with van der Waals surface area (Å²) in [5.74, 6) is 2.78. The first-order chi connectivity index (χ1) is 9.97. The molecular weight excluding hydrogens is 286 g/mol. The molecule has 1 atom stereocenters. The zero-order valence-electron chi connectivity index (χ0n) is 13.3. The third kappa shape index (κ3) is 4.46. The van der Waals surface area contributed by atoms with Crippen molar-refractivity contribution >= 4 is 17.7 Å². The van der Waals surface area contributed by atoms with E-state index in [1.165, 1.54) is 0 Å². The molecule has 2 rings (SSSR count). The molecule has 1 fully saturated rings. The third-order valence-electron chi connectivity index (χ3n) is 3.56. The Kier molecular flexibility index (Phi) is 5.67. The highest BCUT2D eigenvalue weighted by atomic mass is 32.2. The Bertz CT molecular complexity index is 473. The van der Waals surface area contributed by atoms with Crippen LogP contribution in [0.1, 0.15) is 52.3 Å². The predicted octanol–water partition coefficient (Wildman–Crippen LogP) is 2.90. The van der Waals surface area contributed by atoms with E-state index in [2.05, 4.69) is 37.8 Å². The second-order valence-corrected chi connectivity index (χ2v) is 7.46. The van der Waals surface area contributed by atoms with Crippen LogP contribution in [0.25, 0.3) is 0 Å². The molecule has 1 amide bonds. The topological polar surface area (TPSA) is 59.2 Å². The van der Waals surface area contributed by atoms with Crippen molar-refractivity contribution in [3.63, 3.8) is 0 Å². The van der Waals surface area contributed by atoms with Crippen LogP contribution in [0.15, 0.2) is 4.52 Å². The number of rotatable bonds is 6. The van der Waals surface area contributed by atoms with Gasteiger partial charge in [0.15, 0.2) is 5.82 Å². The second kappa shape index (κ2) is 7.29. The molecule has 1 aliphatic heterocycles. The minimum absolute atomic E-state index is 0.0293. The lowest BCUT2D eigenvalue weighted by Crippen LogP contribution is -2.46. The highest BCUT2D eigenvalue weighted by molar-refractivity contribution is 7.99. The second-order valence-electron chi connectivity index (χ2n) is 6.27. The molecule has 0 aromatic carbocycles. The number of amides is 1. The molecule has 0 bridgehead atoms. The van der Waals surface area contributed by atoms with Gasteiger partial charge in [-0.1, -0.05) is 19.0 Å². The van der Waals surface area contributed by atoms with Gasteiger partial charge in [0.2, 0.25) is 11.8 Å². The van der Waals surface area contributed by atoms with Crippen molar-refractivity contribution in [3.05, 3.63) is 11.7 Å². The molecule has 6 heteroatoms. The van der Waals surface area contributed by atoms with E-state index in [1.54, 1.807) is 11.8 Å². The normalized spacial score (nSPS) is 19.8. The number of likely N-dealkylation sites (tertiary alicyclic amines) is 1. The highest BCUT2D eigenvalue weighted by Gasteiger charge is 2.30. The molecule has 21 heavy (non-hydrogen) atoms. The van der Waals surface area contributed by atoms with Crippen molar-refractivity contribution in [1.82, 2.24) is 15.0 Å². The molecular formula is C15H25N3O2S. The fourth-order valence-corrected chi connectivity index (χ4v) is 3.57. The van der Waals surface area contributed by atoms with Crippen molar-refractivity contribution in [2.45, 2.75) is 64.0 Å². The molecule has 1 aliphatic rings.